The highest BCUT2D eigenvalue weighted by molar-refractivity contribution is 5.53. The van der Waals surface area contributed by atoms with Crippen LogP contribution in [-0.2, 0) is 0 Å². The van der Waals surface area contributed by atoms with E-state index in [4.69, 9.17) is 5.26 Å². The lowest BCUT2D eigenvalue weighted by Crippen LogP contribution is -2.46. The van der Waals surface area contributed by atoms with E-state index in [0.717, 1.165) is 49.7 Å². The van der Waals surface area contributed by atoms with Crippen LogP contribution >= 0.6 is 0 Å². The topological polar surface area (TPSA) is 73.9 Å². The third-order valence-electron chi connectivity index (χ3n) is 5.16. The first-order valence-electron chi connectivity index (χ1n) is 9.70. The van der Waals surface area contributed by atoms with Crippen molar-refractivity contribution in [1.82, 2.24) is 24.6 Å². The lowest BCUT2D eigenvalue weighted by Gasteiger charge is -2.35. The second kappa shape index (κ2) is 8.67. The Morgan fingerprint density at radius 3 is 2.66 bits per heavy atom. The van der Waals surface area contributed by atoms with E-state index in [-0.39, 0.29) is 0 Å². The monoisotopic (exact) mass is 385 g/mol. The molecule has 0 saturated carbocycles. The quantitative estimate of drug-likeness (QED) is 0.672. The summed E-state index contributed by atoms with van der Waals surface area (Å²) in [6.07, 6.45) is 9.59. The van der Waals surface area contributed by atoms with Crippen molar-refractivity contribution in [2.24, 2.45) is 0 Å². The zero-order chi connectivity index (χ0) is 20.1. The minimum absolute atomic E-state index is 0.584. The zero-order valence-electron chi connectivity index (χ0n) is 16.4. The van der Waals surface area contributed by atoms with Crippen LogP contribution in [0.15, 0.2) is 55.0 Å². The first kappa shape index (κ1) is 18.8. The van der Waals surface area contributed by atoms with Crippen LogP contribution in [-0.4, -0.2) is 57.4 Å². The molecule has 7 heteroatoms. The van der Waals surface area contributed by atoms with E-state index in [1.54, 1.807) is 23.1 Å². The number of hydrogen-bond donors (Lipinski definition) is 0. The Morgan fingerprint density at radius 1 is 1.10 bits per heavy atom. The Morgan fingerprint density at radius 2 is 1.90 bits per heavy atom. The second-order valence-corrected chi connectivity index (χ2v) is 7.00. The SMILES string of the molecule is Cc1c(/C=C/CN2CCN(c3cccc(C#N)c3)CC2)cnn1-c1ncccn1. The molecule has 1 saturated heterocycles. The minimum atomic E-state index is 0.584. The molecule has 0 amide bonds. The van der Waals surface area contributed by atoms with E-state index in [2.05, 4.69) is 49.2 Å². The van der Waals surface area contributed by atoms with Gasteiger partial charge in [-0.3, -0.25) is 4.90 Å². The number of nitrogens with zero attached hydrogens (tertiary/aromatic N) is 7. The molecule has 0 aliphatic carbocycles. The number of anilines is 1. The van der Waals surface area contributed by atoms with Gasteiger partial charge in [-0.1, -0.05) is 18.2 Å². The third kappa shape index (κ3) is 4.33. The summed E-state index contributed by atoms with van der Waals surface area (Å²) in [7, 11) is 0. The molecule has 7 nitrogen and oxygen atoms in total. The average molecular weight is 385 g/mol. The van der Waals surface area contributed by atoms with Gasteiger partial charge < -0.3 is 4.90 Å². The Kier molecular flexibility index (Phi) is 5.63. The molecule has 0 radical (unpaired) electrons. The summed E-state index contributed by atoms with van der Waals surface area (Å²) in [5.74, 6) is 0.584. The Labute approximate surface area is 170 Å². The number of nitriles is 1. The zero-order valence-corrected chi connectivity index (χ0v) is 16.4. The Balaban J connectivity index is 1.32. The summed E-state index contributed by atoms with van der Waals surface area (Å²) in [5.41, 5.74) is 3.94. The van der Waals surface area contributed by atoms with E-state index in [0.29, 0.717) is 11.5 Å². The van der Waals surface area contributed by atoms with Gasteiger partial charge in [0.05, 0.1) is 23.5 Å². The van der Waals surface area contributed by atoms with Crippen LogP contribution in [0.4, 0.5) is 5.69 Å². The number of piperazine rings is 1. The summed E-state index contributed by atoms with van der Waals surface area (Å²) >= 11 is 0. The molecule has 0 bridgehead atoms. The van der Waals surface area contributed by atoms with Gasteiger partial charge >= 0.3 is 0 Å². The van der Waals surface area contributed by atoms with Crippen LogP contribution in [0.3, 0.4) is 0 Å². The fourth-order valence-electron chi connectivity index (χ4n) is 3.48. The lowest BCUT2D eigenvalue weighted by atomic mass is 10.2. The Bertz CT molecular complexity index is 1020. The molecule has 0 atom stereocenters. The van der Waals surface area contributed by atoms with Crippen LogP contribution in [0.2, 0.25) is 0 Å². The first-order chi connectivity index (χ1) is 14.2. The standard InChI is InChI=1S/C22H23N7/c1-18-20(17-26-29(18)22-24-8-4-9-25-22)6-3-10-27-11-13-28(14-12-27)21-7-2-5-19(15-21)16-23/h2-9,15,17H,10-14H2,1H3/b6-3+. The summed E-state index contributed by atoms with van der Waals surface area (Å²) in [6.45, 7) is 6.85. The summed E-state index contributed by atoms with van der Waals surface area (Å²) in [6, 6.07) is 11.8. The van der Waals surface area contributed by atoms with Gasteiger partial charge in [-0.2, -0.15) is 10.4 Å². The fourth-order valence-corrected chi connectivity index (χ4v) is 3.48. The molecular weight excluding hydrogens is 362 g/mol. The molecule has 1 fully saturated rings. The predicted octanol–water partition coefficient (Wildman–Crippen LogP) is 2.68. The van der Waals surface area contributed by atoms with Gasteiger partial charge in [0.15, 0.2) is 0 Å². The van der Waals surface area contributed by atoms with Gasteiger partial charge in [0.2, 0.25) is 0 Å². The van der Waals surface area contributed by atoms with Crippen LogP contribution in [0, 0.1) is 18.3 Å². The normalized spacial score (nSPS) is 15.0. The van der Waals surface area contributed by atoms with E-state index >= 15 is 0 Å². The molecule has 1 aliphatic rings. The predicted molar refractivity (Wildman–Crippen MR) is 113 cm³/mol. The molecule has 0 spiro atoms. The second-order valence-electron chi connectivity index (χ2n) is 7.00. The van der Waals surface area contributed by atoms with Crippen molar-refractivity contribution in [1.29, 1.82) is 5.26 Å². The highest BCUT2D eigenvalue weighted by Crippen LogP contribution is 2.18. The third-order valence-corrected chi connectivity index (χ3v) is 5.16. The first-order valence-corrected chi connectivity index (χ1v) is 9.70. The van der Waals surface area contributed by atoms with Crippen molar-refractivity contribution in [3.8, 4) is 12.0 Å². The Hall–Kier alpha value is -3.50. The van der Waals surface area contributed by atoms with Crippen molar-refractivity contribution in [3.05, 3.63) is 71.8 Å². The molecule has 1 aliphatic heterocycles. The van der Waals surface area contributed by atoms with Gasteiger partial charge in [0, 0.05) is 56.4 Å². The maximum atomic E-state index is 9.08. The number of rotatable bonds is 5. The summed E-state index contributed by atoms with van der Waals surface area (Å²) in [4.78, 5) is 13.3. The maximum absolute atomic E-state index is 9.08. The van der Waals surface area contributed by atoms with Gasteiger partial charge in [-0.15, -0.1) is 0 Å². The van der Waals surface area contributed by atoms with E-state index in [1.165, 1.54) is 0 Å². The molecule has 1 aromatic carbocycles. The molecule has 2 aromatic heterocycles. The highest BCUT2D eigenvalue weighted by atomic mass is 15.3. The highest BCUT2D eigenvalue weighted by Gasteiger charge is 2.16. The van der Waals surface area contributed by atoms with Crippen LogP contribution in [0.5, 0.6) is 0 Å². The molecule has 0 unspecified atom stereocenters. The fraction of sp³-hybridized carbons (Fsp3) is 0.273. The van der Waals surface area contributed by atoms with E-state index in [1.807, 2.05) is 31.3 Å². The van der Waals surface area contributed by atoms with Gasteiger partial charge in [0.25, 0.3) is 5.95 Å². The number of hydrogen-bond acceptors (Lipinski definition) is 6. The van der Waals surface area contributed by atoms with Crippen LogP contribution < -0.4 is 4.90 Å². The van der Waals surface area contributed by atoms with Crippen molar-refractivity contribution in [2.75, 3.05) is 37.6 Å². The molecule has 29 heavy (non-hydrogen) atoms. The smallest absolute Gasteiger partial charge is 0.250 e. The maximum Gasteiger partial charge on any atom is 0.250 e. The van der Waals surface area contributed by atoms with Crippen molar-refractivity contribution in [2.45, 2.75) is 6.92 Å². The minimum Gasteiger partial charge on any atom is -0.369 e. The molecule has 3 heterocycles. The molecule has 4 rings (SSSR count). The van der Waals surface area contributed by atoms with Crippen molar-refractivity contribution in [3.63, 3.8) is 0 Å². The van der Waals surface area contributed by atoms with Gasteiger partial charge in [-0.25, -0.2) is 14.6 Å². The molecule has 146 valence electrons. The van der Waals surface area contributed by atoms with Crippen molar-refractivity contribution < 1.29 is 0 Å². The van der Waals surface area contributed by atoms with Gasteiger partial charge in [0.1, 0.15) is 0 Å². The average Bonchev–Trinajstić information content (AvgIpc) is 3.15. The largest absolute Gasteiger partial charge is 0.369 e. The molecule has 0 N–H and O–H groups in total. The lowest BCUT2D eigenvalue weighted by molar-refractivity contribution is 0.284. The van der Waals surface area contributed by atoms with E-state index < -0.39 is 0 Å². The molecular formula is C22H23N7. The number of benzene rings is 1. The van der Waals surface area contributed by atoms with Crippen LogP contribution in [0.1, 0.15) is 16.8 Å². The van der Waals surface area contributed by atoms with E-state index in [9.17, 15) is 0 Å². The number of aromatic nitrogens is 4. The summed E-state index contributed by atoms with van der Waals surface area (Å²) in [5, 5.41) is 13.5. The van der Waals surface area contributed by atoms with Crippen molar-refractivity contribution >= 4 is 11.8 Å². The molecule has 3 aromatic rings. The van der Waals surface area contributed by atoms with Gasteiger partial charge in [-0.05, 0) is 31.2 Å². The van der Waals surface area contributed by atoms with Crippen LogP contribution in [0.25, 0.3) is 12.0 Å². The summed E-state index contributed by atoms with van der Waals surface area (Å²) < 4.78 is 1.76.